The summed E-state index contributed by atoms with van der Waals surface area (Å²) in [4.78, 5) is 42.2. The highest BCUT2D eigenvalue weighted by atomic mass is 28.4. The van der Waals surface area contributed by atoms with Gasteiger partial charge in [0.25, 0.3) is 11.8 Å². The van der Waals surface area contributed by atoms with Gasteiger partial charge < -0.3 is 35.2 Å². The summed E-state index contributed by atoms with van der Waals surface area (Å²) in [6.45, 7) is 5.12. The first-order chi connectivity index (χ1) is 20.9. The smallest absolute Gasteiger partial charge is 0.261 e. The monoisotopic (exact) mass is 616 g/mol. The van der Waals surface area contributed by atoms with E-state index in [1.54, 1.807) is 60.5 Å². The Hall–Kier alpha value is -4.06. The number of aliphatic hydroxyl groups is 1. The maximum atomic E-state index is 16.1. The van der Waals surface area contributed by atoms with Crippen LogP contribution in [0.25, 0.3) is 0 Å². The van der Waals surface area contributed by atoms with Gasteiger partial charge in [-0.25, -0.2) is 0 Å². The van der Waals surface area contributed by atoms with Gasteiger partial charge in [-0.1, -0.05) is 31.2 Å². The van der Waals surface area contributed by atoms with E-state index in [0.717, 1.165) is 11.1 Å². The highest BCUT2D eigenvalue weighted by Gasteiger charge is 2.65. The molecule has 3 aliphatic rings. The molecule has 0 saturated carbocycles. The Morgan fingerprint density at radius 1 is 1.14 bits per heavy atom. The molecule has 0 bridgehead atoms. The topological polar surface area (TPSA) is 134 Å². The van der Waals surface area contributed by atoms with E-state index in [1.807, 2.05) is 31.2 Å². The van der Waals surface area contributed by atoms with Crippen molar-refractivity contribution in [1.82, 2.24) is 4.90 Å². The zero-order valence-electron chi connectivity index (χ0n) is 25.0. The molecule has 1 fully saturated rings. The van der Waals surface area contributed by atoms with Crippen LogP contribution in [0.15, 0.2) is 66.7 Å². The van der Waals surface area contributed by atoms with Crippen LogP contribution in [0.5, 0.6) is 0 Å². The standard InChI is InChI=1S/C33H37FN4O5Si/c1-19-30(44(2,3)34)28(16-29(40)38-17-22-7-5-4-6-21(22)14-25(38)18-39)43-33(19)26-15-24(12-13-27(26)37-32(33)42)36-31(41)20-8-10-23(35)11-9-20/h4-13,15,19,25,28,30,39H,14,16-18,35H2,1-3H3,(H,36,41)(H,37,42)/t19-,25-,28+,30-,33+/m0/s1. The molecule has 9 nitrogen and oxygen atoms in total. The molecule has 3 amide bonds. The second-order valence-electron chi connectivity index (χ2n) is 12.6. The average Bonchev–Trinajstić information content (AvgIpc) is 3.44. The molecule has 6 rings (SSSR count). The van der Waals surface area contributed by atoms with Gasteiger partial charge in [-0.2, -0.15) is 0 Å². The number of anilines is 3. The van der Waals surface area contributed by atoms with E-state index in [0.29, 0.717) is 41.2 Å². The minimum Gasteiger partial charge on any atom is -0.399 e. The molecule has 1 saturated heterocycles. The molecule has 0 aromatic heterocycles. The van der Waals surface area contributed by atoms with Gasteiger partial charge in [-0.15, -0.1) is 0 Å². The summed E-state index contributed by atoms with van der Waals surface area (Å²) in [6.07, 6.45) is -0.450. The Bertz CT molecular complexity index is 1630. The molecule has 230 valence electrons. The summed E-state index contributed by atoms with van der Waals surface area (Å²) in [5, 5.41) is 15.9. The van der Waals surface area contributed by atoms with Crippen molar-refractivity contribution in [3.8, 4) is 0 Å². The fourth-order valence-electron chi connectivity index (χ4n) is 7.31. The van der Waals surface area contributed by atoms with Gasteiger partial charge in [-0.05, 0) is 73.1 Å². The first-order valence-electron chi connectivity index (χ1n) is 14.9. The van der Waals surface area contributed by atoms with Crippen LogP contribution in [0.3, 0.4) is 0 Å². The molecule has 3 heterocycles. The molecular formula is C33H37FN4O5Si. The molecule has 5 N–H and O–H groups in total. The lowest BCUT2D eigenvalue weighted by Gasteiger charge is -2.37. The number of ether oxygens (including phenoxy) is 1. The van der Waals surface area contributed by atoms with Crippen LogP contribution in [0.1, 0.15) is 40.4 Å². The number of aliphatic hydroxyl groups excluding tert-OH is 1. The minimum absolute atomic E-state index is 0.119. The molecule has 5 atom stereocenters. The van der Waals surface area contributed by atoms with Gasteiger partial charge in [0, 0.05) is 46.2 Å². The lowest BCUT2D eigenvalue weighted by Crippen LogP contribution is -2.48. The quantitative estimate of drug-likeness (QED) is 0.182. The lowest BCUT2D eigenvalue weighted by atomic mass is 9.82. The third kappa shape index (κ3) is 5.08. The molecule has 3 aromatic carbocycles. The third-order valence-corrected chi connectivity index (χ3v) is 11.9. The van der Waals surface area contributed by atoms with Gasteiger partial charge in [0.1, 0.15) is 0 Å². The van der Waals surface area contributed by atoms with Crippen molar-refractivity contribution in [1.29, 1.82) is 0 Å². The van der Waals surface area contributed by atoms with Crippen molar-refractivity contribution in [2.24, 2.45) is 5.92 Å². The summed E-state index contributed by atoms with van der Waals surface area (Å²) in [5.74, 6) is -1.61. The van der Waals surface area contributed by atoms with Crippen molar-refractivity contribution in [3.63, 3.8) is 0 Å². The number of halogens is 1. The Morgan fingerprint density at radius 3 is 2.52 bits per heavy atom. The zero-order chi connectivity index (χ0) is 31.4. The number of fused-ring (bicyclic) bond motifs is 3. The molecule has 1 spiro atoms. The molecule has 44 heavy (non-hydrogen) atoms. The van der Waals surface area contributed by atoms with Crippen molar-refractivity contribution < 1.29 is 28.3 Å². The van der Waals surface area contributed by atoms with Crippen LogP contribution >= 0.6 is 0 Å². The van der Waals surface area contributed by atoms with Gasteiger partial charge in [0.15, 0.2) is 5.60 Å². The second-order valence-corrected chi connectivity index (χ2v) is 16.4. The molecule has 11 heteroatoms. The third-order valence-electron chi connectivity index (χ3n) is 9.41. The Balaban J connectivity index is 1.30. The highest BCUT2D eigenvalue weighted by molar-refractivity contribution is 6.72. The number of benzene rings is 3. The predicted octanol–water partition coefficient (Wildman–Crippen LogP) is 4.58. The van der Waals surface area contributed by atoms with Crippen LogP contribution in [0, 0.1) is 5.92 Å². The molecule has 0 aliphatic carbocycles. The summed E-state index contributed by atoms with van der Waals surface area (Å²) < 4.78 is 22.7. The molecule has 3 aromatic rings. The van der Waals surface area contributed by atoms with Crippen LogP contribution in [0.2, 0.25) is 18.6 Å². The van der Waals surface area contributed by atoms with E-state index in [2.05, 4.69) is 10.6 Å². The number of nitrogens with zero attached hydrogens (tertiary/aromatic N) is 1. The number of nitrogen functional groups attached to an aromatic ring is 1. The molecular weight excluding hydrogens is 579 g/mol. The van der Waals surface area contributed by atoms with Crippen molar-refractivity contribution in [2.45, 2.75) is 62.7 Å². The Morgan fingerprint density at radius 2 is 1.84 bits per heavy atom. The second kappa shape index (κ2) is 11.1. The predicted molar refractivity (Wildman–Crippen MR) is 168 cm³/mol. The van der Waals surface area contributed by atoms with E-state index in [4.69, 9.17) is 10.5 Å². The van der Waals surface area contributed by atoms with E-state index in [1.165, 1.54) is 0 Å². The number of hydrogen-bond donors (Lipinski definition) is 4. The summed E-state index contributed by atoms with van der Waals surface area (Å²) in [6, 6.07) is 19.0. The van der Waals surface area contributed by atoms with Crippen LogP contribution < -0.4 is 16.4 Å². The Labute approximate surface area is 256 Å². The molecule has 0 unspecified atom stereocenters. The maximum Gasteiger partial charge on any atom is 0.261 e. The van der Waals surface area contributed by atoms with Gasteiger partial charge in [-0.3, -0.25) is 14.4 Å². The van der Waals surface area contributed by atoms with E-state index >= 15 is 4.11 Å². The lowest BCUT2D eigenvalue weighted by molar-refractivity contribution is -0.149. The number of rotatable bonds is 6. The van der Waals surface area contributed by atoms with Crippen LogP contribution in [0.4, 0.5) is 21.2 Å². The van der Waals surface area contributed by atoms with Crippen LogP contribution in [-0.4, -0.2) is 54.9 Å². The fourth-order valence-corrected chi connectivity index (χ4v) is 9.81. The van der Waals surface area contributed by atoms with E-state index < -0.39 is 43.5 Å². The van der Waals surface area contributed by atoms with Crippen molar-refractivity contribution in [2.75, 3.05) is 23.0 Å². The van der Waals surface area contributed by atoms with Gasteiger partial charge >= 0.3 is 0 Å². The van der Waals surface area contributed by atoms with Gasteiger partial charge in [0.2, 0.25) is 14.3 Å². The van der Waals surface area contributed by atoms with Crippen molar-refractivity contribution in [3.05, 3.63) is 89.0 Å². The highest BCUT2D eigenvalue weighted by Crippen LogP contribution is 2.59. The van der Waals surface area contributed by atoms with Gasteiger partial charge in [0.05, 0.1) is 25.2 Å². The normalized spacial score (nSPS) is 25.8. The molecule has 3 aliphatic heterocycles. The number of carbonyl (C=O) groups is 3. The number of carbonyl (C=O) groups excluding carboxylic acids is 3. The average molecular weight is 617 g/mol. The number of nitrogens with two attached hydrogens (primary N) is 1. The van der Waals surface area contributed by atoms with Crippen molar-refractivity contribution >= 4 is 43.2 Å². The maximum absolute atomic E-state index is 16.1. The molecule has 0 radical (unpaired) electrons. The first kappa shape index (κ1) is 30.0. The summed E-state index contributed by atoms with van der Waals surface area (Å²) in [5.41, 5.74) is 8.07. The summed E-state index contributed by atoms with van der Waals surface area (Å²) >= 11 is 0. The Kier molecular flexibility index (Phi) is 7.59. The van der Waals surface area contributed by atoms with E-state index in [-0.39, 0.29) is 24.8 Å². The fraction of sp³-hybridized carbons (Fsp3) is 0.364. The largest absolute Gasteiger partial charge is 0.399 e. The first-order valence-corrected chi connectivity index (χ1v) is 17.8. The zero-order valence-corrected chi connectivity index (χ0v) is 26.0. The minimum atomic E-state index is -3.49. The number of nitrogens with one attached hydrogen (secondary N) is 2. The van der Waals surface area contributed by atoms with E-state index in [9.17, 15) is 19.5 Å². The number of hydrogen-bond acceptors (Lipinski definition) is 6. The van der Waals surface area contributed by atoms with Crippen LogP contribution in [-0.2, 0) is 32.9 Å². The SMILES string of the molecule is C[C@H]1[C@H]([Si](C)(C)F)[C@@H](CC(=O)N2Cc3ccccc3C[C@H]2CO)O[C@]12C(=O)Nc1ccc(NC(=O)c3ccc(N)cc3)cc12. The summed E-state index contributed by atoms with van der Waals surface area (Å²) in [7, 11) is -3.49. The number of amides is 3.